The normalized spacial score (nSPS) is 10.7. The van der Waals surface area contributed by atoms with Crippen LogP contribution in [0.25, 0.3) is 0 Å². The van der Waals surface area contributed by atoms with Crippen LogP contribution in [0.5, 0.6) is 17.2 Å². The summed E-state index contributed by atoms with van der Waals surface area (Å²) < 4.78 is 21.8. The highest BCUT2D eigenvalue weighted by atomic mass is 16.5. The maximum atomic E-state index is 13.7. The van der Waals surface area contributed by atoms with E-state index in [-0.39, 0.29) is 18.4 Å². The van der Waals surface area contributed by atoms with Crippen LogP contribution in [-0.2, 0) is 17.8 Å². The van der Waals surface area contributed by atoms with Crippen molar-refractivity contribution in [2.24, 2.45) is 0 Å². The molecule has 1 heterocycles. The summed E-state index contributed by atoms with van der Waals surface area (Å²) in [7, 11) is 4.79. The van der Waals surface area contributed by atoms with Gasteiger partial charge in [0.1, 0.15) is 23.8 Å². The first-order valence-electron chi connectivity index (χ1n) is 13.4. The number of unbranched alkanes of at least 4 members (excludes halogenated alkanes) is 2. The molecule has 0 bridgehead atoms. The van der Waals surface area contributed by atoms with E-state index >= 15 is 0 Å². The van der Waals surface area contributed by atoms with E-state index in [2.05, 4.69) is 6.92 Å². The van der Waals surface area contributed by atoms with Crippen LogP contribution in [0.2, 0.25) is 0 Å². The van der Waals surface area contributed by atoms with Gasteiger partial charge in [0.05, 0.1) is 27.9 Å². The van der Waals surface area contributed by atoms with Crippen LogP contribution in [-0.4, -0.2) is 62.6 Å². The standard InChI is InChI=1S/C31H40N2O6/c1-6-7-8-18-33(31(35)25-11-14-26(36-3)15-12-25)22-30(34)32(21-27-13-9-23(2)39-27)19-17-24-10-16-28(37-4)29(20-24)38-5/h9-16,20H,6-8,17-19,21-22H2,1-5H3. The van der Waals surface area contributed by atoms with E-state index in [9.17, 15) is 9.59 Å². The van der Waals surface area contributed by atoms with Gasteiger partial charge in [0, 0.05) is 18.7 Å². The van der Waals surface area contributed by atoms with Crippen molar-refractivity contribution in [1.29, 1.82) is 0 Å². The molecule has 3 aromatic rings. The van der Waals surface area contributed by atoms with Crippen LogP contribution < -0.4 is 14.2 Å². The summed E-state index contributed by atoms with van der Waals surface area (Å²) in [5, 5.41) is 0. The SMILES string of the molecule is CCCCCN(CC(=O)N(CCc1ccc(OC)c(OC)c1)Cc1ccc(C)o1)C(=O)c1ccc(OC)cc1. The predicted molar refractivity (Wildman–Crippen MR) is 151 cm³/mol. The molecule has 2 aromatic carbocycles. The molecule has 3 rings (SSSR count). The Kier molecular flexibility index (Phi) is 11.3. The lowest BCUT2D eigenvalue weighted by Gasteiger charge is -2.27. The van der Waals surface area contributed by atoms with Crippen LogP contribution in [0, 0.1) is 6.92 Å². The molecule has 0 radical (unpaired) electrons. The van der Waals surface area contributed by atoms with Gasteiger partial charge in [-0.1, -0.05) is 25.8 Å². The molecule has 0 saturated carbocycles. The van der Waals surface area contributed by atoms with Crippen molar-refractivity contribution in [3.05, 3.63) is 77.2 Å². The van der Waals surface area contributed by atoms with Gasteiger partial charge in [-0.15, -0.1) is 0 Å². The monoisotopic (exact) mass is 536 g/mol. The molecule has 8 heteroatoms. The van der Waals surface area contributed by atoms with Gasteiger partial charge < -0.3 is 28.4 Å². The second kappa shape index (κ2) is 14.9. The molecule has 0 saturated heterocycles. The van der Waals surface area contributed by atoms with Gasteiger partial charge in [-0.3, -0.25) is 9.59 Å². The number of benzene rings is 2. The van der Waals surface area contributed by atoms with Crippen LogP contribution >= 0.6 is 0 Å². The average Bonchev–Trinajstić information content (AvgIpc) is 3.38. The number of furan rings is 1. The Balaban J connectivity index is 1.79. The van der Waals surface area contributed by atoms with E-state index in [0.717, 1.165) is 30.6 Å². The Bertz CT molecular complexity index is 1200. The highest BCUT2D eigenvalue weighted by Crippen LogP contribution is 2.28. The molecule has 0 aliphatic carbocycles. The Morgan fingerprint density at radius 1 is 0.821 bits per heavy atom. The maximum absolute atomic E-state index is 13.7. The van der Waals surface area contributed by atoms with Crippen molar-refractivity contribution in [3.63, 3.8) is 0 Å². The Morgan fingerprint density at radius 2 is 1.56 bits per heavy atom. The summed E-state index contributed by atoms with van der Waals surface area (Å²) in [6.45, 7) is 5.26. The molecule has 0 aliphatic rings. The summed E-state index contributed by atoms with van der Waals surface area (Å²) in [6.07, 6.45) is 3.44. The number of carbonyl (C=O) groups excluding carboxylic acids is 2. The molecule has 0 N–H and O–H groups in total. The van der Waals surface area contributed by atoms with E-state index in [1.54, 1.807) is 55.4 Å². The largest absolute Gasteiger partial charge is 0.497 e. The van der Waals surface area contributed by atoms with Crippen LogP contribution in [0.15, 0.2) is 59.0 Å². The maximum Gasteiger partial charge on any atom is 0.254 e. The highest BCUT2D eigenvalue weighted by molar-refractivity contribution is 5.96. The molecule has 39 heavy (non-hydrogen) atoms. The number of carbonyl (C=O) groups is 2. The highest BCUT2D eigenvalue weighted by Gasteiger charge is 2.23. The van der Waals surface area contributed by atoms with E-state index in [4.69, 9.17) is 18.6 Å². The summed E-state index contributed by atoms with van der Waals surface area (Å²) in [5.41, 5.74) is 1.54. The minimum atomic E-state index is -0.171. The first-order valence-corrected chi connectivity index (χ1v) is 13.4. The summed E-state index contributed by atoms with van der Waals surface area (Å²) >= 11 is 0. The van der Waals surface area contributed by atoms with Crippen LogP contribution in [0.4, 0.5) is 0 Å². The average molecular weight is 537 g/mol. The van der Waals surface area contributed by atoms with Gasteiger partial charge in [-0.25, -0.2) is 0 Å². The van der Waals surface area contributed by atoms with Crippen LogP contribution in [0.3, 0.4) is 0 Å². The minimum Gasteiger partial charge on any atom is -0.497 e. The zero-order valence-electron chi connectivity index (χ0n) is 23.7. The van der Waals surface area contributed by atoms with Gasteiger partial charge in [-0.2, -0.15) is 0 Å². The molecule has 210 valence electrons. The lowest BCUT2D eigenvalue weighted by atomic mass is 10.1. The fourth-order valence-electron chi connectivity index (χ4n) is 4.33. The lowest BCUT2D eigenvalue weighted by Crippen LogP contribution is -2.43. The lowest BCUT2D eigenvalue weighted by molar-refractivity contribution is -0.132. The number of hydrogen-bond donors (Lipinski definition) is 0. The number of ether oxygens (including phenoxy) is 3. The molecular formula is C31H40N2O6. The molecule has 0 fully saturated rings. The van der Waals surface area contributed by atoms with Crippen molar-refractivity contribution in [1.82, 2.24) is 9.80 Å². The zero-order chi connectivity index (χ0) is 28.2. The molecule has 2 amide bonds. The minimum absolute atomic E-state index is 0.0137. The molecule has 1 aromatic heterocycles. The van der Waals surface area contributed by atoms with E-state index in [0.29, 0.717) is 54.6 Å². The fourth-order valence-corrected chi connectivity index (χ4v) is 4.33. The fraction of sp³-hybridized carbons (Fsp3) is 0.419. The van der Waals surface area contributed by atoms with Crippen molar-refractivity contribution >= 4 is 11.8 Å². The van der Waals surface area contributed by atoms with E-state index in [1.807, 2.05) is 37.3 Å². The van der Waals surface area contributed by atoms with Crippen molar-refractivity contribution in [2.45, 2.75) is 46.1 Å². The Morgan fingerprint density at radius 3 is 2.18 bits per heavy atom. The summed E-state index contributed by atoms with van der Waals surface area (Å²) in [6, 6.07) is 16.5. The van der Waals surface area contributed by atoms with Gasteiger partial charge in [0.25, 0.3) is 5.91 Å². The third kappa shape index (κ3) is 8.53. The molecule has 8 nitrogen and oxygen atoms in total. The Labute approximate surface area is 231 Å². The Hall–Kier alpha value is -3.94. The van der Waals surface area contributed by atoms with E-state index in [1.165, 1.54) is 0 Å². The quantitative estimate of drug-likeness (QED) is 0.238. The molecule has 0 spiro atoms. The second-order valence-electron chi connectivity index (χ2n) is 9.43. The van der Waals surface area contributed by atoms with E-state index < -0.39 is 0 Å². The molecule has 0 unspecified atom stereocenters. The summed E-state index contributed by atoms with van der Waals surface area (Å²) in [4.78, 5) is 30.5. The number of nitrogens with zero attached hydrogens (tertiary/aromatic N) is 2. The van der Waals surface area contributed by atoms with Gasteiger partial charge >= 0.3 is 0 Å². The van der Waals surface area contributed by atoms with Crippen molar-refractivity contribution in [3.8, 4) is 17.2 Å². The number of amides is 2. The first-order chi connectivity index (χ1) is 18.9. The number of aryl methyl sites for hydroxylation is 1. The smallest absolute Gasteiger partial charge is 0.254 e. The number of methoxy groups -OCH3 is 3. The predicted octanol–water partition coefficient (Wildman–Crippen LogP) is 5.52. The molecular weight excluding hydrogens is 496 g/mol. The number of hydrogen-bond acceptors (Lipinski definition) is 6. The molecule has 0 aliphatic heterocycles. The molecule has 0 atom stereocenters. The zero-order valence-corrected chi connectivity index (χ0v) is 23.7. The van der Waals surface area contributed by atoms with Crippen molar-refractivity contribution < 1.29 is 28.2 Å². The first kappa shape index (κ1) is 29.6. The van der Waals surface area contributed by atoms with Crippen molar-refractivity contribution in [2.75, 3.05) is 41.0 Å². The van der Waals surface area contributed by atoms with Crippen LogP contribution in [0.1, 0.15) is 53.6 Å². The van der Waals surface area contributed by atoms with Gasteiger partial charge in [0.2, 0.25) is 5.91 Å². The van der Waals surface area contributed by atoms with Gasteiger partial charge in [-0.05, 0) is 73.9 Å². The summed E-state index contributed by atoms with van der Waals surface area (Å²) in [5.74, 6) is 3.15. The van der Waals surface area contributed by atoms with Gasteiger partial charge in [0.15, 0.2) is 11.5 Å². The second-order valence-corrected chi connectivity index (χ2v) is 9.43. The third-order valence-corrected chi connectivity index (χ3v) is 6.60. The topological polar surface area (TPSA) is 81.5 Å². The number of rotatable bonds is 15. The third-order valence-electron chi connectivity index (χ3n) is 6.60.